The van der Waals surface area contributed by atoms with Crippen molar-refractivity contribution in [2.24, 2.45) is 0 Å². The lowest BCUT2D eigenvalue weighted by atomic mass is 10.0. The number of carbonyl (C=O) groups excluding carboxylic acids is 2. The third kappa shape index (κ3) is 3.28. The van der Waals surface area contributed by atoms with Gasteiger partial charge in [0.05, 0.1) is 26.7 Å². The van der Waals surface area contributed by atoms with E-state index in [0.29, 0.717) is 12.8 Å². The third-order valence-corrected chi connectivity index (χ3v) is 3.93. The molecule has 0 aromatic rings. The molecule has 20 heavy (non-hydrogen) atoms. The van der Waals surface area contributed by atoms with Crippen LogP contribution < -0.4 is 0 Å². The van der Waals surface area contributed by atoms with E-state index >= 15 is 0 Å². The van der Waals surface area contributed by atoms with Crippen molar-refractivity contribution in [2.75, 3.05) is 14.2 Å². The largest absolute Gasteiger partial charge is 0.469 e. The summed E-state index contributed by atoms with van der Waals surface area (Å²) in [6.07, 6.45) is 1.53. The van der Waals surface area contributed by atoms with Gasteiger partial charge < -0.3 is 14.6 Å². The zero-order valence-electron chi connectivity index (χ0n) is 11.8. The highest BCUT2D eigenvalue weighted by molar-refractivity contribution is 5.74. The maximum Gasteiger partial charge on any atom is 0.337 e. The van der Waals surface area contributed by atoms with Gasteiger partial charge in [-0.05, 0) is 19.3 Å². The summed E-state index contributed by atoms with van der Waals surface area (Å²) < 4.78 is 9.21. The van der Waals surface area contributed by atoms with Gasteiger partial charge in [0.1, 0.15) is 0 Å². The molecule has 0 spiro atoms. The lowest BCUT2D eigenvalue weighted by Gasteiger charge is -2.24. The molecule has 0 saturated carbocycles. The summed E-state index contributed by atoms with van der Waals surface area (Å²) in [5, 5.41) is 11.7. The monoisotopic (exact) mass is 287 g/mol. The first kappa shape index (κ1) is 15.2. The van der Waals surface area contributed by atoms with E-state index in [1.165, 1.54) is 14.2 Å². The Kier molecular flexibility index (Phi) is 4.95. The lowest BCUT2D eigenvalue weighted by molar-refractivity contribution is -0.195. The highest BCUT2D eigenvalue weighted by Crippen LogP contribution is 2.36. The molecule has 2 heterocycles. The van der Waals surface area contributed by atoms with Crippen LogP contribution in [-0.4, -0.2) is 60.6 Å². The van der Waals surface area contributed by atoms with Gasteiger partial charge in [-0.1, -0.05) is 0 Å². The first-order valence-corrected chi connectivity index (χ1v) is 6.83. The summed E-state index contributed by atoms with van der Waals surface area (Å²) in [6, 6.07) is 0.212. The van der Waals surface area contributed by atoms with Gasteiger partial charge in [-0.2, -0.15) is 5.06 Å². The van der Waals surface area contributed by atoms with Crippen molar-refractivity contribution in [2.45, 2.75) is 56.4 Å². The van der Waals surface area contributed by atoms with E-state index < -0.39 is 18.2 Å². The number of hydroxylamine groups is 2. The van der Waals surface area contributed by atoms with Gasteiger partial charge in [-0.25, -0.2) is 4.79 Å². The fourth-order valence-corrected chi connectivity index (χ4v) is 2.93. The van der Waals surface area contributed by atoms with Gasteiger partial charge >= 0.3 is 11.9 Å². The molecule has 7 nitrogen and oxygen atoms in total. The van der Waals surface area contributed by atoms with Crippen LogP contribution in [0.5, 0.6) is 0 Å². The second-order valence-corrected chi connectivity index (χ2v) is 5.27. The number of aliphatic hydroxyl groups excluding tert-OH is 1. The van der Waals surface area contributed by atoms with Crippen molar-refractivity contribution in [3.63, 3.8) is 0 Å². The molecule has 114 valence electrons. The Bertz CT molecular complexity index is 374. The number of hydrogen-bond donors (Lipinski definition) is 1. The maximum absolute atomic E-state index is 11.5. The lowest BCUT2D eigenvalue weighted by Crippen LogP contribution is -2.35. The second-order valence-electron chi connectivity index (χ2n) is 5.27. The van der Waals surface area contributed by atoms with Crippen LogP contribution in [0.4, 0.5) is 0 Å². The Hall–Kier alpha value is -1.18. The minimum atomic E-state index is -0.757. The van der Waals surface area contributed by atoms with E-state index in [9.17, 15) is 14.7 Å². The standard InChI is InChI=1S/C13H21NO6/c1-18-12(16)7-10(15)5-8-3-4-9-6-11(13(17)19-2)20-14(8)9/h8-11,15H,3-7H2,1-2H3. The number of ether oxygens (including phenoxy) is 2. The molecule has 2 fully saturated rings. The highest BCUT2D eigenvalue weighted by Gasteiger charge is 2.45. The van der Waals surface area contributed by atoms with Crippen molar-refractivity contribution < 1.29 is 29.0 Å². The molecule has 0 aromatic heterocycles. The van der Waals surface area contributed by atoms with Gasteiger partial charge in [0.2, 0.25) is 0 Å². The Morgan fingerprint density at radius 1 is 1.35 bits per heavy atom. The molecule has 7 heteroatoms. The zero-order chi connectivity index (χ0) is 14.7. The smallest absolute Gasteiger partial charge is 0.337 e. The molecular weight excluding hydrogens is 266 g/mol. The molecule has 0 bridgehead atoms. The summed E-state index contributed by atoms with van der Waals surface area (Å²) in [5.74, 6) is -0.796. The van der Waals surface area contributed by atoms with Crippen molar-refractivity contribution in [3.8, 4) is 0 Å². The second kappa shape index (κ2) is 6.51. The van der Waals surface area contributed by atoms with Crippen molar-refractivity contribution in [1.29, 1.82) is 0 Å². The number of esters is 2. The number of nitrogens with zero attached hydrogens (tertiary/aromatic N) is 1. The third-order valence-electron chi connectivity index (χ3n) is 3.93. The fraction of sp³-hybridized carbons (Fsp3) is 0.846. The molecule has 4 unspecified atom stereocenters. The first-order valence-electron chi connectivity index (χ1n) is 6.83. The van der Waals surface area contributed by atoms with Crippen LogP contribution in [-0.2, 0) is 23.9 Å². The molecule has 0 aliphatic carbocycles. The topological polar surface area (TPSA) is 85.3 Å². The summed E-state index contributed by atoms with van der Waals surface area (Å²) >= 11 is 0. The van der Waals surface area contributed by atoms with E-state index in [1.54, 1.807) is 5.06 Å². The van der Waals surface area contributed by atoms with Crippen LogP contribution in [0.1, 0.15) is 32.1 Å². The number of aliphatic hydroxyl groups is 1. The maximum atomic E-state index is 11.5. The molecule has 4 atom stereocenters. The average Bonchev–Trinajstić information content (AvgIpc) is 2.99. The molecular formula is C13H21NO6. The number of hydrogen-bond acceptors (Lipinski definition) is 7. The predicted octanol–water partition coefficient (Wildman–Crippen LogP) is 0.0104. The summed E-state index contributed by atoms with van der Waals surface area (Å²) in [5.41, 5.74) is 0. The van der Waals surface area contributed by atoms with E-state index in [-0.39, 0.29) is 24.5 Å². The Labute approximate surface area is 117 Å². The molecule has 0 amide bonds. The Balaban J connectivity index is 1.85. The van der Waals surface area contributed by atoms with E-state index in [4.69, 9.17) is 4.84 Å². The number of methoxy groups -OCH3 is 2. The van der Waals surface area contributed by atoms with Gasteiger partial charge in [-0.15, -0.1) is 0 Å². The average molecular weight is 287 g/mol. The first-order chi connectivity index (χ1) is 9.55. The molecule has 2 saturated heterocycles. The molecule has 1 N–H and O–H groups in total. The van der Waals surface area contributed by atoms with E-state index in [2.05, 4.69) is 9.47 Å². The minimum absolute atomic E-state index is 0.0219. The van der Waals surface area contributed by atoms with Crippen molar-refractivity contribution in [1.82, 2.24) is 5.06 Å². The summed E-state index contributed by atoms with van der Waals surface area (Å²) in [6.45, 7) is 0. The number of fused-ring (bicyclic) bond motifs is 1. The van der Waals surface area contributed by atoms with E-state index in [1.807, 2.05) is 0 Å². The van der Waals surface area contributed by atoms with Crippen LogP contribution in [0, 0.1) is 0 Å². The SMILES string of the molecule is COC(=O)CC(O)CC1CCC2CC(C(=O)OC)ON12. The zero-order valence-corrected chi connectivity index (χ0v) is 11.8. The highest BCUT2D eigenvalue weighted by atomic mass is 16.7. The Morgan fingerprint density at radius 2 is 2.10 bits per heavy atom. The van der Waals surface area contributed by atoms with Crippen LogP contribution in [0.25, 0.3) is 0 Å². The van der Waals surface area contributed by atoms with Crippen molar-refractivity contribution >= 4 is 11.9 Å². The van der Waals surface area contributed by atoms with Crippen LogP contribution >= 0.6 is 0 Å². The normalized spacial score (nSPS) is 30.9. The van der Waals surface area contributed by atoms with E-state index in [0.717, 1.165) is 12.8 Å². The molecule has 2 rings (SSSR count). The Morgan fingerprint density at radius 3 is 2.75 bits per heavy atom. The van der Waals surface area contributed by atoms with Gasteiger partial charge in [0.15, 0.2) is 6.10 Å². The molecule has 2 aliphatic heterocycles. The molecule has 0 radical (unpaired) electrons. The number of rotatable bonds is 5. The molecule has 0 aromatic carbocycles. The van der Waals surface area contributed by atoms with Gasteiger partial charge in [0, 0.05) is 18.5 Å². The van der Waals surface area contributed by atoms with Crippen LogP contribution in [0.2, 0.25) is 0 Å². The van der Waals surface area contributed by atoms with Crippen LogP contribution in [0.15, 0.2) is 0 Å². The van der Waals surface area contributed by atoms with Crippen molar-refractivity contribution in [3.05, 3.63) is 0 Å². The van der Waals surface area contributed by atoms with Gasteiger partial charge in [0.25, 0.3) is 0 Å². The predicted molar refractivity (Wildman–Crippen MR) is 67.4 cm³/mol. The van der Waals surface area contributed by atoms with Crippen LogP contribution in [0.3, 0.4) is 0 Å². The summed E-state index contributed by atoms with van der Waals surface area (Å²) in [7, 11) is 2.64. The summed E-state index contributed by atoms with van der Waals surface area (Å²) in [4.78, 5) is 28.2. The quantitative estimate of drug-likeness (QED) is 0.713. The minimum Gasteiger partial charge on any atom is -0.469 e. The number of carbonyl (C=O) groups is 2. The van der Waals surface area contributed by atoms with Gasteiger partial charge in [-0.3, -0.25) is 9.63 Å². The fourth-order valence-electron chi connectivity index (χ4n) is 2.93. The molecule has 2 aliphatic rings.